The second-order valence-electron chi connectivity index (χ2n) is 2.14. The minimum Gasteiger partial charge on any atom is -0.276 e. The average molecular weight is 207 g/mol. The maximum atomic E-state index is 10.5. The molecule has 0 bridgehead atoms. The molecule has 1 nitrogen and oxygen atoms in total. The van der Waals surface area contributed by atoms with Crippen LogP contribution in [0.5, 0.6) is 0 Å². The molecule has 58 valence electrons. The van der Waals surface area contributed by atoms with Crippen molar-refractivity contribution in [1.29, 1.82) is 0 Å². The van der Waals surface area contributed by atoms with Crippen LogP contribution in [0.3, 0.4) is 0 Å². The molecule has 0 fully saturated rings. The molecule has 0 N–H and O–H groups in total. The molecule has 0 heterocycles. The van der Waals surface area contributed by atoms with Gasteiger partial charge in [-0.05, 0) is 30.7 Å². The molecule has 0 aliphatic heterocycles. The molecule has 0 saturated carbocycles. The van der Waals surface area contributed by atoms with Gasteiger partial charge in [-0.3, -0.25) is 4.79 Å². The summed E-state index contributed by atoms with van der Waals surface area (Å²) in [6.45, 7) is 1.96. The summed E-state index contributed by atoms with van der Waals surface area (Å²) in [7, 11) is 0. The molecule has 1 aromatic carbocycles. The number of carbonyl (C=O) groups is 1. The van der Waals surface area contributed by atoms with Crippen LogP contribution in [0.1, 0.15) is 15.9 Å². The average Bonchev–Trinajstić information content (AvgIpc) is 1.88. The van der Waals surface area contributed by atoms with Gasteiger partial charge in [0.1, 0.15) is 0 Å². The van der Waals surface area contributed by atoms with Crippen LogP contribution >= 0.6 is 11.6 Å². The Bertz CT molecular complexity index is 243. The molecule has 3 heteroatoms. The van der Waals surface area contributed by atoms with Crippen molar-refractivity contribution in [2.24, 2.45) is 0 Å². The van der Waals surface area contributed by atoms with Gasteiger partial charge in [-0.15, -0.1) is 0 Å². The summed E-state index contributed by atoms with van der Waals surface area (Å²) in [6, 6.07) is 7.14. The van der Waals surface area contributed by atoms with Crippen molar-refractivity contribution in [2.45, 2.75) is 6.92 Å². The number of hydrogen-bond donors (Lipinski definition) is 0. The smallest absolute Gasteiger partial charge is 0.252 e. The van der Waals surface area contributed by atoms with Crippen LogP contribution in [0.25, 0.3) is 0 Å². The van der Waals surface area contributed by atoms with Gasteiger partial charge in [-0.1, -0.05) is 17.7 Å². The van der Waals surface area contributed by atoms with E-state index in [-0.39, 0.29) is 17.4 Å². The van der Waals surface area contributed by atoms with Crippen LogP contribution < -0.4 is 0 Å². The van der Waals surface area contributed by atoms with Crippen LogP contribution in [0.2, 0.25) is 0 Å². The Hall–Kier alpha value is -0.288. The van der Waals surface area contributed by atoms with Crippen molar-refractivity contribution in [2.75, 3.05) is 0 Å². The van der Waals surface area contributed by atoms with Gasteiger partial charge in [-0.2, -0.15) is 0 Å². The van der Waals surface area contributed by atoms with E-state index in [9.17, 15) is 4.79 Å². The minimum atomic E-state index is -0.403. The van der Waals surface area contributed by atoms with E-state index in [4.69, 9.17) is 11.6 Å². The van der Waals surface area contributed by atoms with Gasteiger partial charge in [0, 0.05) is 22.9 Å². The first-order valence-corrected chi connectivity index (χ1v) is 3.34. The molecule has 11 heavy (non-hydrogen) atoms. The Morgan fingerprint density at radius 2 is 1.73 bits per heavy atom. The van der Waals surface area contributed by atoms with Crippen molar-refractivity contribution >= 4 is 16.8 Å². The normalized spacial score (nSPS) is 8.55. The van der Waals surface area contributed by atoms with Crippen LogP contribution in [0.4, 0.5) is 0 Å². The van der Waals surface area contributed by atoms with Gasteiger partial charge >= 0.3 is 0 Å². The van der Waals surface area contributed by atoms with E-state index in [0.29, 0.717) is 5.56 Å². The van der Waals surface area contributed by atoms with Crippen molar-refractivity contribution in [1.82, 2.24) is 0 Å². The fourth-order valence-electron chi connectivity index (χ4n) is 0.685. The molecule has 0 aliphatic carbocycles. The maximum absolute atomic E-state index is 10.5. The van der Waals surface area contributed by atoms with Crippen LogP contribution in [0.15, 0.2) is 24.3 Å². The van der Waals surface area contributed by atoms with E-state index in [1.165, 1.54) is 0 Å². The monoisotopic (exact) mass is 206 g/mol. The van der Waals surface area contributed by atoms with Crippen LogP contribution in [-0.4, -0.2) is 5.24 Å². The van der Waals surface area contributed by atoms with E-state index < -0.39 is 5.24 Å². The van der Waals surface area contributed by atoms with Crippen molar-refractivity contribution in [3.63, 3.8) is 0 Å². The third kappa shape index (κ3) is 3.07. The molecule has 1 rings (SSSR count). The quantitative estimate of drug-likeness (QED) is 0.645. The van der Waals surface area contributed by atoms with E-state index in [2.05, 4.69) is 0 Å². The van der Waals surface area contributed by atoms with E-state index in [1.54, 1.807) is 12.1 Å². The first-order chi connectivity index (χ1) is 4.70. The second-order valence-corrected chi connectivity index (χ2v) is 2.48. The number of hydrogen-bond acceptors (Lipinski definition) is 1. The van der Waals surface area contributed by atoms with Crippen molar-refractivity contribution in [3.05, 3.63) is 35.4 Å². The van der Waals surface area contributed by atoms with Gasteiger partial charge in [-0.25, -0.2) is 0 Å². The topological polar surface area (TPSA) is 17.1 Å². The minimum absolute atomic E-state index is 0. The largest absolute Gasteiger partial charge is 0.276 e. The van der Waals surface area contributed by atoms with E-state index >= 15 is 0 Å². The van der Waals surface area contributed by atoms with Crippen LogP contribution in [-0.2, 0) is 17.4 Å². The Morgan fingerprint density at radius 1 is 1.27 bits per heavy atom. The van der Waals surface area contributed by atoms with Crippen molar-refractivity contribution in [3.8, 4) is 0 Å². The molecule has 0 spiro atoms. The van der Waals surface area contributed by atoms with Gasteiger partial charge < -0.3 is 0 Å². The maximum Gasteiger partial charge on any atom is 0.252 e. The number of aryl methyl sites for hydroxylation is 1. The summed E-state index contributed by atoms with van der Waals surface area (Å²) in [4.78, 5) is 10.5. The predicted molar refractivity (Wildman–Crippen MR) is 41.4 cm³/mol. The fourth-order valence-corrected chi connectivity index (χ4v) is 0.811. The van der Waals surface area contributed by atoms with Crippen molar-refractivity contribution < 1.29 is 22.2 Å². The Morgan fingerprint density at radius 3 is 2.09 bits per heavy atom. The molecule has 0 atom stereocenters. The van der Waals surface area contributed by atoms with E-state index in [1.807, 2.05) is 19.1 Å². The van der Waals surface area contributed by atoms with Gasteiger partial charge in [0.15, 0.2) is 0 Å². The van der Waals surface area contributed by atoms with Gasteiger partial charge in [0.2, 0.25) is 0 Å². The van der Waals surface area contributed by atoms with Gasteiger partial charge in [0.05, 0.1) is 0 Å². The molecular formula is C8H7ClCrO. The summed E-state index contributed by atoms with van der Waals surface area (Å²) in [5.74, 6) is 0. The number of benzene rings is 1. The SMILES string of the molecule is Cc1ccc(C(=O)Cl)cc1.[Cr]. The molecule has 0 saturated heterocycles. The zero-order valence-electron chi connectivity index (χ0n) is 6.00. The predicted octanol–water partition coefficient (Wildman–Crippen LogP) is 2.37. The number of halogens is 1. The standard InChI is InChI=1S/C8H7ClO.Cr/c1-6-2-4-7(5-3-6)8(9)10;/h2-5H,1H3;. The third-order valence-corrected chi connectivity index (χ3v) is 1.50. The molecule has 0 amide bonds. The summed E-state index contributed by atoms with van der Waals surface area (Å²) in [6.07, 6.45) is 0. The molecule has 0 aliphatic rings. The summed E-state index contributed by atoms with van der Waals surface area (Å²) < 4.78 is 0. The summed E-state index contributed by atoms with van der Waals surface area (Å²) >= 11 is 5.22. The Kier molecular flexibility index (Phi) is 4.44. The zero-order chi connectivity index (χ0) is 7.56. The Labute approximate surface area is 81.5 Å². The molecule has 0 unspecified atom stereocenters. The molecule has 0 aromatic heterocycles. The summed E-state index contributed by atoms with van der Waals surface area (Å²) in [5.41, 5.74) is 1.67. The first-order valence-electron chi connectivity index (χ1n) is 2.96. The molecule has 1 aromatic rings. The second kappa shape index (κ2) is 4.56. The van der Waals surface area contributed by atoms with E-state index in [0.717, 1.165) is 5.56 Å². The fraction of sp³-hybridized carbons (Fsp3) is 0.125. The Balaban J connectivity index is 0.000001000. The molecule has 0 radical (unpaired) electrons. The third-order valence-electron chi connectivity index (χ3n) is 1.28. The zero-order valence-corrected chi connectivity index (χ0v) is 8.03. The van der Waals surface area contributed by atoms with Crippen LogP contribution in [0, 0.1) is 6.92 Å². The number of carbonyl (C=O) groups excluding carboxylic acids is 1. The summed E-state index contributed by atoms with van der Waals surface area (Å²) in [5, 5.41) is -0.403. The first kappa shape index (κ1) is 10.7. The number of rotatable bonds is 1. The molecular weight excluding hydrogens is 200 g/mol. The van der Waals surface area contributed by atoms with Gasteiger partial charge in [0.25, 0.3) is 5.24 Å².